The van der Waals surface area contributed by atoms with Crippen molar-refractivity contribution in [2.75, 3.05) is 43.5 Å². The molecule has 1 atom stereocenters. The van der Waals surface area contributed by atoms with Crippen LogP contribution in [0.15, 0.2) is 36.4 Å². The van der Waals surface area contributed by atoms with Crippen LogP contribution < -0.4 is 15.0 Å². The maximum absolute atomic E-state index is 12.8. The molecule has 1 heterocycles. The summed E-state index contributed by atoms with van der Waals surface area (Å²) in [6.07, 6.45) is 0. The molecule has 0 unspecified atom stereocenters. The number of nitrogens with one attached hydrogen (secondary N) is 1. The standard InChI is InChI=1S/C23H31N3O2/c1-16-9-10-22(28-5)20(15-16)24-23(27)19(4)25-11-13-26(14-12-25)21-8-6-7-17(2)18(21)3/h6-10,15,19H,11-14H2,1-5H3,(H,24,27)/t19-/m1/s1. The van der Waals surface area contributed by atoms with Crippen molar-refractivity contribution < 1.29 is 9.53 Å². The van der Waals surface area contributed by atoms with Gasteiger partial charge in [-0.25, -0.2) is 0 Å². The molecule has 1 saturated heterocycles. The Balaban J connectivity index is 1.62. The third-order valence-electron chi connectivity index (χ3n) is 5.77. The van der Waals surface area contributed by atoms with Gasteiger partial charge in [0.05, 0.1) is 18.8 Å². The van der Waals surface area contributed by atoms with Gasteiger partial charge in [0.25, 0.3) is 0 Å². The topological polar surface area (TPSA) is 44.8 Å². The number of anilines is 2. The molecule has 28 heavy (non-hydrogen) atoms. The minimum absolute atomic E-state index is 0.00378. The van der Waals surface area contributed by atoms with Gasteiger partial charge in [-0.1, -0.05) is 18.2 Å². The number of amides is 1. The number of ether oxygens (including phenoxy) is 1. The first-order chi connectivity index (χ1) is 13.4. The largest absolute Gasteiger partial charge is 0.495 e. The Morgan fingerprint density at radius 2 is 1.79 bits per heavy atom. The number of hydrogen-bond donors (Lipinski definition) is 1. The lowest BCUT2D eigenvalue weighted by atomic mass is 10.1. The van der Waals surface area contributed by atoms with E-state index in [4.69, 9.17) is 4.74 Å². The minimum Gasteiger partial charge on any atom is -0.495 e. The van der Waals surface area contributed by atoms with E-state index in [1.165, 1.54) is 16.8 Å². The minimum atomic E-state index is -0.189. The van der Waals surface area contributed by atoms with Gasteiger partial charge in [0.2, 0.25) is 5.91 Å². The molecule has 2 aromatic carbocycles. The average molecular weight is 382 g/mol. The Morgan fingerprint density at radius 3 is 2.46 bits per heavy atom. The summed E-state index contributed by atoms with van der Waals surface area (Å²) in [4.78, 5) is 17.5. The highest BCUT2D eigenvalue weighted by Gasteiger charge is 2.26. The highest BCUT2D eigenvalue weighted by molar-refractivity contribution is 5.96. The van der Waals surface area contributed by atoms with Crippen LogP contribution in [0.4, 0.5) is 11.4 Å². The fourth-order valence-electron chi connectivity index (χ4n) is 3.75. The molecule has 0 radical (unpaired) electrons. The summed E-state index contributed by atoms with van der Waals surface area (Å²) in [7, 11) is 1.62. The maximum Gasteiger partial charge on any atom is 0.241 e. The zero-order valence-electron chi connectivity index (χ0n) is 17.6. The Kier molecular flexibility index (Phi) is 6.25. The lowest BCUT2D eigenvalue weighted by Crippen LogP contribution is -2.53. The summed E-state index contributed by atoms with van der Waals surface area (Å²) in [5.41, 5.74) is 5.79. The van der Waals surface area contributed by atoms with E-state index in [9.17, 15) is 4.79 Å². The molecule has 150 valence electrons. The third-order valence-corrected chi connectivity index (χ3v) is 5.77. The van der Waals surface area contributed by atoms with Gasteiger partial charge in [-0.3, -0.25) is 9.69 Å². The van der Waals surface area contributed by atoms with E-state index in [-0.39, 0.29) is 11.9 Å². The second kappa shape index (κ2) is 8.65. The van der Waals surface area contributed by atoms with E-state index in [2.05, 4.69) is 47.2 Å². The predicted octanol–water partition coefficient (Wildman–Crippen LogP) is 3.77. The zero-order valence-corrected chi connectivity index (χ0v) is 17.6. The number of nitrogens with zero attached hydrogens (tertiary/aromatic N) is 2. The van der Waals surface area contributed by atoms with Gasteiger partial charge in [-0.05, 0) is 62.6 Å². The average Bonchev–Trinajstić information content (AvgIpc) is 2.70. The second-order valence-electron chi connectivity index (χ2n) is 7.61. The predicted molar refractivity (Wildman–Crippen MR) is 116 cm³/mol. The van der Waals surface area contributed by atoms with Gasteiger partial charge >= 0.3 is 0 Å². The third kappa shape index (κ3) is 4.30. The van der Waals surface area contributed by atoms with Crippen molar-refractivity contribution in [1.29, 1.82) is 0 Å². The highest BCUT2D eigenvalue weighted by atomic mass is 16.5. The van der Waals surface area contributed by atoms with Gasteiger partial charge in [0, 0.05) is 31.9 Å². The molecule has 3 rings (SSSR count). The molecule has 1 aliphatic rings. The Bertz CT molecular complexity index is 842. The number of benzene rings is 2. The van der Waals surface area contributed by atoms with Crippen LogP contribution in [0, 0.1) is 20.8 Å². The molecule has 2 aromatic rings. The second-order valence-corrected chi connectivity index (χ2v) is 7.61. The fraction of sp³-hybridized carbons (Fsp3) is 0.435. The fourth-order valence-corrected chi connectivity index (χ4v) is 3.75. The van der Waals surface area contributed by atoms with Crippen LogP contribution in [0.5, 0.6) is 5.75 Å². The summed E-state index contributed by atoms with van der Waals surface area (Å²) in [6.45, 7) is 11.9. The zero-order chi connectivity index (χ0) is 20.3. The van der Waals surface area contributed by atoms with E-state index < -0.39 is 0 Å². The highest BCUT2D eigenvalue weighted by Crippen LogP contribution is 2.26. The van der Waals surface area contributed by atoms with Gasteiger partial charge in [0.1, 0.15) is 5.75 Å². The monoisotopic (exact) mass is 381 g/mol. The van der Waals surface area contributed by atoms with E-state index in [1.807, 2.05) is 32.0 Å². The molecular weight excluding hydrogens is 350 g/mol. The normalized spacial score (nSPS) is 16.0. The molecule has 1 N–H and O–H groups in total. The number of carbonyl (C=O) groups excluding carboxylic acids is 1. The quantitative estimate of drug-likeness (QED) is 0.856. The van der Waals surface area contributed by atoms with Crippen molar-refractivity contribution in [1.82, 2.24) is 4.90 Å². The number of piperazine rings is 1. The van der Waals surface area contributed by atoms with Crippen molar-refractivity contribution in [3.05, 3.63) is 53.1 Å². The Morgan fingerprint density at radius 1 is 1.07 bits per heavy atom. The molecule has 0 spiro atoms. The smallest absolute Gasteiger partial charge is 0.241 e. The van der Waals surface area contributed by atoms with Crippen molar-refractivity contribution in [3.8, 4) is 5.75 Å². The van der Waals surface area contributed by atoms with Crippen LogP contribution in [0.1, 0.15) is 23.6 Å². The van der Waals surface area contributed by atoms with E-state index in [1.54, 1.807) is 7.11 Å². The van der Waals surface area contributed by atoms with E-state index in [0.717, 1.165) is 37.4 Å². The van der Waals surface area contributed by atoms with Crippen LogP contribution in [-0.2, 0) is 4.79 Å². The van der Waals surface area contributed by atoms with Crippen molar-refractivity contribution >= 4 is 17.3 Å². The summed E-state index contributed by atoms with van der Waals surface area (Å²) in [5.74, 6) is 0.690. The van der Waals surface area contributed by atoms with Crippen LogP contribution in [0.3, 0.4) is 0 Å². The number of aryl methyl sites for hydroxylation is 2. The van der Waals surface area contributed by atoms with Crippen LogP contribution in [-0.4, -0.2) is 50.1 Å². The van der Waals surface area contributed by atoms with Crippen LogP contribution >= 0.6 is 0 Å². The SMILES string of the molecule is COc1ccc(C)cc1NC(=O)[C@@H](C)N1CCN(c2cccc(C)c2C)CC1. The van der Waals surface area contributed by atoms with E-state index >= 15 is 0 Å². The van der Waals surface area contributed by atoms with Gasteiger partial charge in [0.15, 0.2) is 0 Å². The number of methoxy groups -OCH3 is 1. The van der Waals surface area contributed by atoms with Crippen molar-refractivity contribution in [2.45, 2.75) is 33.7 Å². The molecule has 0 aromatic heterocycles. The lowest BCUT2D eigenvalue weighted by Gasteiger charge is -2.39. The molecular formula is C23H31N3O2. The molecule has 0 bridgehead atoms. The first kappa shape index (κ1) is 20.2. The summed E-state index contributed by atoms with van der Waals surface area (Å²) >= 11 is 0. The number of carbonyl (C=O) groups is 1. The van der Waals surface area contributed by atoms with Gasteiger partial charge in [-0.15, -0.1) is 0 Å². The maximum atomic E-state index is 12.8. The molecule has 1 aliphatic heterocycles. The molecule has 5 heteroatoms. The van der Waals surface area contributed by atoms with E-state index in [0.29, 0.717) is 5.75 Å². The molecule has 1 fully saturated rings. The molecule has 0 saturated carbocycles. The van der Waals surface area contributed by atoms with Gasteiger partial charge < -0.3 is 15.0 Å². The number of rotatable bonds is 5. The first-order valence-electron chi connectivity index (χ1n) is 9.91. The van der Waals surface area contributed by atoms with Crippen molar-refractivity contribution in [2.24, 2.45) is 0 Å². The molecule has 5 nitrogen and oxygen atoms in total. The molecule has 0 aliphatic carbocycles. The lowest BCUT2D eigenvalue weighted by molar-refractivity contribution is -0.120. The Labute approximate surface area is 168 Å². The summed E-state index contributed by atoms with van der Waals surface area (Å²) < 4.78 is 5.38. The number of hydrogen-bond acceptors (Lipinski definition) is 4. The van der Waals surface area contributed by atoms with Crippen LogP contribution in [0.2, 0.25) is 0 Å². The molecule has 1 amide bonds. The first-order valence-corrected chi connectivity index (χ1v) is 9.91. The summed E-state index contributed by atoms with van der Waals surface area (Å²) in [6, 6.07) is 12.1. The Hall–Kier alpha value is -2.53. The van der Waals surface area contributed by atoms with Gasteiger partial charge in [-0.2, -0.15) is 0 Å². The summed E-state index contributed by atoms with van der Waals surface area (Å²) in [5, 5.41) is 3.04. The van der Waals surface area contributed by atoms with Crippen LogP contribution in [0.25, 0.3) is 0 Å². The van der Waals surface area contributed by atoms with Crippen molar-refractivity contribution in [3.63, 3.8) is 0 Å².